The van der Waals surface area contributed by atoms with E-state index in [0.717, 1.165) is 24.8 Å². The summed E-state index contributed by atoms with van der Waals surface area (Å²) in [7, 11) is 0. The van der Waals surface area contributed by atoms with Crippen LogP contribution in [0.2, 0.25) is 0 Å². The highest BCUT2D eigenvalue weighted by Crippen LogP contribution is 2.59. The fraction of sp³-hybridized carbons (Fsp3) is 0.591. The third-order valence-electron chi connectivity index (χ3n) is 6.75. The number of hydrazine groups is 1. The Kier molecular flexibility index (Phi) is 5.38. The summed E-state index contributed by atoms with van der Waals surface area (Å²) >= 11 is 0. The molecule has 0 heterocycles. The zero-order valence-corrected chi connectivity index (χ0v) is 16.2. The number of benzene rings is 1. The molecule has 5 rings (SSSR count). The summed E-state index contributed by atoms with van der Waals surface area (Å²) in [6, 6.07) is 9.64. The van der Waals surface area contributed by atoms with Crippen LogP contribution in [0.3, 0.4) is 0 Å². The average Bonchev–Trinajstić information content (AvgIpc) is 2.68. The number of rotatable bonds is 6. The maximum atomic E-state index is 12.8. The summed E-state index contributed by atoms with van der Waals surface area (Å²) in [6.45, 7) is 0.448. The van der Waals surface area contributed by atoms with E-state index >= 15 is 0 Å². The van der Waals surface area contributed by atoms with Crippen LogP contribution in [0.4, 0.5) is 0 Å². The molecule has 4 aliphatic rings. The van der Waals surface area contributed by atoms with Gasteiger partial charge in [-0.15, -0.1) is 0 Å². The predicted octanol–water partition coefficient (Wildman–Crippen LogP) is 2.45. The van der Waals surface area contributed by atoms with Crippen molar-refractivity contribution in [2.75, 3.05) is 0 Å². The van der Waals surface area contributed by atoms with Crippen molar-refractivity contribution in [2.24, 2.45) is 23.2 Å². The Balaban J connectivity index is 1.17. The van der Waals surface area contributed by atoms with Gasteiger partial charge in [0.05, 0.1) is 5.41 Å². The first-order chi connectivity index (χ1) is 13.5. The molecule has 1 aromatic rings. The van der Waals surface area contributed by atoms with Crippen LogP contribution in [0.5, 0.6) is 0 Å². The monoisotopic (exact) mass is 383 g/mol. The van der Waals surface area contributed by atoms with Crippen molar-refractivity contribution >= 4 is 17.7 Å². The second kappa shape index (κ2) is 7.94. The Labute approximate surface area is 165 Å². The lowest BCUT2D eigenvalue weighted by molar-refractivity contribution is -0.148. The van der Waals surface area contributed by atoms with Crippen LogP contribution < -0.4 is 16.2 Å². The molecule has 3 amide bonds. The number of hydrogen-bond donors (Lipinski definition) is 3. The summed E-state index contributed by atoms with van der Waals surface area (Å²) in [5, 5.41) is 2.80. The van der Waals surface area contributed by atoms with Crippen molar-refractivity contribution < 1.29 is 14.4 Å². The molecule has 3 N–H and O–H groups in total. The predicted molar refractivity (Wildman–Crippen MR) is 104 cm³/mol. The highest BCUT2D eigenvalue weighted by atomic mass is 16.2. The third kappa shape index (κ3) is 4.21. The van der Waals surface area contributed by atoms with Crippen LogP contribution >= 0.6 is 0 Å². The highest BCUT2D eigenvalue weighted by molar-refractivity contribution is 5.88. The Morgan fingerprint density at radius 1 is 0.821 bits per heavy atom. The lowest BCUT2D eigenvalue weighted by Gasteiger charge is -2.55. The molecule has 28 heavy (non-hydrogen) atoms. The molecule has 1 aromatic carbocycles. The summed E-state index contributed by atoms with van der Waals surface area (Å²) < 4.78 is 0. The molecule has 0 radical (unpaired) electrons. The molecule has 0 saturated heterocycles. The van der Waals surface area contributed by atoms with E-state index in [1.807, 2.05) is 30.3 Å². The number of carbonyl (C=O) groups excluding carboxylic acids is 3. The fourth-order valence-corrected chi connectivity index (χ4v) is 5.82. The minimum absolute atomic E-state index is 0.0338. The molecule has 150 valence electrons. The van der Waals surface area contributed by atoms with Gasteiger partial charge >= 0.3 is 0 Å². The topological polar surface area (TPSA) is 87.3 Å². The Bertz CT molecular complexity index is 711. The minimum atomic E-state index is -0.326. The van der Waals surface area contributed by atoms with Crippen LogP contribution in [-0.2, 0) is 20.9 Å². The van der Waals surface area contributed by atoms with Crippen LogP contribution in [0.25, 0.3) is 0 Å². The molecule has 0 aromatic heterocycles. The van der Waals surface area contributed by atoms with E-state index in [2.05, 4.69) is 16.2 Å². The number of amides is 3. The van der Waals surface area contributed by atoms with Gasteiger partial charge in [0.1, 0.15) is 0 Å². The molecule has 0 atom stereocenters. The van der Waals surface area contributed by atoms with Gasteiger partial charge in [-0.2, -0.15) is 0 Å². The Morgan fingerprint density at radius 2 is 1.39 bits per heavy atom. The van der Waals surface area contributed by atoms with Crippen molar-refractivity contribution in [1.82, 2.24) is 16.2 Å². The van der Waals surface area contributed by atoms with E-state index in [9.17, 15) is 14.4 Å². The Hall–Kier alpha value is -2.37. The molecule has 6 heteroatoms. The van der Waals surface area contributed by atoms with Crippen molar-refractivity contribution in [1.29, 1.82) is 0 Å². The van der Waals surface area contributed by atoms with Gasteiger partial charge in [-0.1, -0.05) is 30.3 Å². The number of nitrogens with one attached hydrogen (secondary N) is 3. The van der Waals surface area contributed by atoms with Crippen molar-refractivity contribution in [3.63, 3.8) is 0 Å². The van der Waals surface area contributed by atoms with E-state index in [4.69, 9.17) is 0 Å². The van der Waals surface area contributed by atoms with Crippen molar-refractivity contribution in [3.8, 4) is 0 Å². The molecule has 0 spiro atoms. The van der Waals surface area contributed by atoms with E-state index in [0.29, 0.717) is 24.3 Å². The normalized spacial score (nSPS) is 29.9. The summed E-state index contributed by atoms with van der Waals surface area (Å²) in [4.78, 5) is 36.8. The highest BCUT2D eigenvalue weighted by Gasteiger charge is 2.54. The molecule has 0 aliphatic heterocycles. The largest absolute Gasteiger partial charge is 0.352 e. The maximum absolute atomic E-state index is 12.8. The van der Waals surface area contributed by atoms with Crippen LogP contribution in [0.15, 0.2) is 30.3 Å². The SMILES string of the molecule is O=C(CCC(=O)NNC(=O)C12CC3CC(CC(C3)C1)C2)NCc1ccccc1. The van der Waals surface area contributed by atoms with Gasteiger partial charge in [0.15, 0.2) is 0 Å². The summed E-state index contributed by atoms with van der Waals surface area (Å²) in [5.41, 5.74) is 5.90. The number of carbonyl (C=O) groups is 3. The quantitative estimate of drug-likeness (QED) is 0.660. The summed E-state index contributed by atoms with van der Waals surface area (Å²) in [5.74, 6) is 1.51. The molecule has 0 unspecified atom stereocenters. The molecule has 4 aliphatic carbocycles. The maximum Gasteiger partial charge on any atom is 0.244 e. The van der Waals surface area contributed by atoms with Gasteiger partial charge in [-0.25, -0.2) is 0 Å². The molecular weight excluding hydrogens is 354 g/mol. The average molecular weight is 383 g/mol. The number of hydrogen-bond acceptors (Lipinski definition) is 3. The van der Waals surface area contributed by atoms with Gasteiger partial charge in [0.25, 0.3) is 0 Å². The van der Waals surface area contributed by atoms with E-state index in [1.165, 1.54) is 19.3 Å². The van der Waals surface area contributed by atoms with Gasteiger partial charge in [-0.3, -0.25) is 25.2 Å². The standard InChI is InChI=1S/C22H29N3O3/c26-19(23-14-15-4-2-1-3-5-15)6-7-20(27)24-25-21(28)22-11-16-8-17(12-22)10-18(9-16)13-22/h1-5,16-18H,6-14H2,(H,23,26)(H,24,27)(H,25,28). The molecule has 4 fully saturated rings. The van der Waals surface area contributed by atoms with Crippen LogP contribution in [0, 0.1) is 23.2 Å². The zero-order chi connectivity index (χ0) is 19.6. The second-order valence-corrected chi connectivity index (χ2v) is 8.96. The zero-order valence-electron chi connectivity index (χ0n) is 16.2. The molecule has 6 nitrogen and oxygen atoms in total. The molecular formula is C22H29N3O3. The molecule has 4 bridgehead atoms. The van der Waals surface area contributed by atoms with Gasteiger partial charge in [0.2, 0.25) is 17.7 Å². The summed E-state index contributed by atoms with van der Waals surface area (Å²) in [6.07, 6.45) is 6.87. The lowest BCUT2D eigenvalue weighted by atomic mass is 9.49. The van der Waals surface area contributed by atoms with Gasteiger partial charge < -0.3 is 5.32 Å². The third-order valence-corrected chi connectivity index (χ3v) is 6.75. The van der Waals surface area contributed by atoms with Gasteiger partial charge in [-0.05, 0) is 61.8 Å². The lowest BCUT2D eigenvalue weighted by Crippen LogP contribution is -2.56. The van der Waals surface area contributed by atoms with Crippen molar-refractivity contribution in [3.05, 3.63) is 35.9 Å². The second-order valence-electron chi connectivity index (χ2n) is 8.96. The first kappa shape index (κ1) is 19.0. The first-order valence-electron chi connectivity index (χ1n) is 10.4. The van der Waals surface area contributed by atoms with Crippen LogP contribution in [-0.4, -0.2) is 17.7 Å². The van der Waals surface area contributed by atoms with E-state index < -0.39 is 0 Å². The van der Waals surface area contributed by atoms with E-state index in [-0.39, 0.29) is 36.0 Å². The van der Waals surface area contributed by atoms with Crippen LogP contribution in [0.1, 0.15) is 56.9 Å². The minimum Gasteiger partial charge on any atom is -0.352 e. The van der Waals surface area contributed by atoms with Crippen molar-refractivity contribution in [2.45, 2.75) is 57.9 Å². The molecule has 4 saturated carbocycles. The first-order valence-corrected chi connectivity index (χ1v) is 10.4. The fourth-order valence-electron chi connectivity index (χ4n) is 5.82. The smallest absolute Gasteiger partial charge is 0.244 e. The Morgan fingerprint density at radius 3 is 2.00 bits per heavy atom. The van der Waals surface area contributed by atoms with E-state index in [1.54, 1.807) is 0 Å². The van der Waals surface area contributed by atoms with Gasteiger partial charge in [0, 0.05) is 19.4 Å².